The number of hydrogen-bond acceptors (Lipinski definition) is 2. The van der Waals surface area contributed by atoms with Crippen molar-refractivity contribution in [3.8, 4) is 0 Å². The maximum absolute atomic E-state index is 5.86. The summed E-state index contributed by atoms with van der Waals surface area (Å²) in [5.74, 6) is 0. The summed E-state index contributed by atoms with van der Waals surface area (Å²) in [7, 11) is 0. The maximum Gasteiger partial charge on any atom is 0.0234 e. The molecule has 14 heavy (non-hydrogen) atoms. The molecule has 76 valence electrons. The number of hydrogen-bond donors (Lipinski definition) is 1. The van der Waals surface area contributed by atoms with Crippen LogP contribution in [0.15, 0.2) is 24.3 Å². The molecule has 0 amide bonds. The lowest BCUT2D eigenvalue weighted by atomic mass is 10.1. The van der Waals surface area contributed by atoms with E-state index < -0.39 is 0 Å². The summed E-state index contributed by atoms with van der Waals surface area (Å²) in [5.41, 5.74) is 8.58. The summed E-state index contributed by atoms with van der Waals surface area (Å²) in [4.78, 5) is 2.43. The third-order valence-electron chi connectivity index (χ3n) is 2.84. The second-order valence-corrected chi connectivity index (χ2v) is 4.27. The zero-order valence-corrected chi connectivity index (χ0v) is 8.74. The molecule has 0 radical (unpaired) electrons. The van der Waals surface area contributed by atoms with Crippen LogP contribution in [0.5, 0.6) is 0 Å². The number of nitrogens with two attached hydrogens (primary N) is 1. The van der Waals surface area contributed by atoms with Crippen molar-refractivity contribution in [2.75, 3.05) is 13.1 Å². The second kappa shape index (κ2) is 4.11. The molecule has 2 heteroatoms. The van der Waals surface area contributed by atoms with Crippen LogP contribution in [0.25, 0.3) is 0 Å². The molecule has 1 aliphatic heterocycles. The lowest BCUT2D eigenvalue weighted by Gasteiger charge is -2.14. The van der Waals surface area contributed by atoms with Gasteiger partial charge in [-0.1, -0.05) is 29.8 Å². The normalized spacial score (nSPS) is 22.9. The summed E-state index contributed by atoms with van der Waals surface area (Å²) < 4.78 is 0. The zero-order chi connectivity index (χ0) is 9.97. The van der Waals surface area contributed by atoms with Crippen LogP contribution < -0.4 is 5.73 Å². The molecular weight excluding hydrogens is 172 g/mol. The molecule has 0 aliphatic carbocycles. The third kappa shape index (κ3) is 2.34. The van der Waals surface area contributed by atoms with Crippen LogP contribution in [0.2, 0.25) is 0 Å². The Balaban J connectivity index is 1.94. The van der Waals surface area contributed by atoms with E-state index in [-0.39, 0.29) is 0 Å². The van der Waals surface area contributed by atoms with Gasteiger partial charge in [0.2, 0.25) is 0 Å². The summed E-state index contributed by atoms with van der Waals surface area (Å²) in [5, 5.41) is 0. The second-order valence-electron chi connectivity index (χ2n) is 4.27. The average Bonchev–Trinajstić information content (AvgIpc) is 2.56. The van der Waals surface area contributed by atoms with E-state index in [1.807, 2.05) is 0 Å². The largest absolute Gasteiger partial charge is 0.326 e. The Morgan fingerprint density at radius 3 is 2.64 bits per heavy atom. The predicted molar refractivity (Wildman–Crippen MR) is 59.0 cm³/mol. The molecule has 1 aliphatic rings. The number of benzene rings is 1. The molecule has 0 spiro atoms. The topological polar surface area (TPSA) is 29.3 Å². The van der Waals surface area contributed by atoms with Gasteiger partial charge in [-0.3, -0.25) is 4.90 Å². The Morgan fingerprint density at radius 2 is 2.07 bits per heavy atom. The minimum Gasteiger partial charge on any atom is -0.326 e. The van der Waals surface area contributed by atoms with Gasteiger partial charge in [-0.25, -0.2) is 0 Å². The van der Waals surface area contributed by atoms with Crippen molar-refractivity contribution in [3.05, 3.63) is 35.4 Å². The highest BCUT2D eigenvalue weighted by molar-refractivity contribution is 5.21. The predicted octanol–water partition coefficient (Wildman–Crippen LogP) is 1.53. The zero-order valence-electron chi connectivity index (χ0n) is 8.74. The molecule has 2 N–H and O–H groups in total. The van der Waals surface area contributed by atoms with Crippen LogP contribution in [0, 0.1) is 6.92 Å². The summed E-state index contributed by atoms with van der Waals surface area (Å²) >= 11 is 0. The molecule has 0 bridgehead atoms. The van der Waals surface area contributed by atoms with Gasteiger partial charge in [-0.2, -0.15) is 0 Å². The van der Waals surface area contributed by atoms with Gasteiger partial charge in [-0.15, -0.1) is 0 Å². The summed E-state index contributed by atoms with van der Waals surface area (Å²) in [6.07, 6.45) is 1.14. The van der Waals surface area contributed by atoms with Crippen molar-refractivity contribution < 1.29 is 0 Å². The Morgan fingerprint density at radius 1 is 1.36 bits per heavy atom. The van der Waals surface area contributed by atoms with E-state index in [9.17, 15) is 0 Å². The molecule has 2 nitrogen and oxygen atoms in total. The van der Waals surface area contributed by atoms with Crippen LogP contribution in [0.1, 0.15) is 17.5 Å². The number of likely N-dealkylation sites (tertiary alicyclic amines) is 1. The first-order valence-corrected chi connectivity index (χ1v) is 5.27. The van der Waals surface area contributed by atoms with Gasteiger partial charge in [0.15, 0.2) is 0 Å². The van der Waals surface area contributed by atoms with E-state index >= 15 is 0 Å². The van der Waals surface area contributed by atoms with Crippen molar-refractivity contribution in [1.29, 1.82) is 0 Å². The fourth-order valence-electron chi connectivity index (χ4n) is 1.96. The van der Waals surface area contributed by atoms with Crippen molar-refractivity contribution in [2.45, 2.75) is 25.9 Å². The Bertz CT molecular complexity index is 292. The number of nitrogens with zero attached hydrogens (tertiary/aromatic N) is 1. The monoisotopic (exact) mass is 190 g/mol. The highest BCUT2D eigenvalue weighted by atomic mass is 15.2. The van der Waals surface area contributed by atoms with Crippen LogP contribution in [-0.2, 0) is 6.54 Å². The quantitative estimate of drug-likeness (QED) is 0.766. The molecular formula is C12H18N2. The molecule has 1 aromatic carbocycles. The maximum atomic E-state index is 5.86. The molecule has 1 saturated heterocycles. The van der Waals surface area contributed by atoms with Crippen molar-refractivity contribution in [1.82, 2.24) is 4.90 Å². The first-order chi connectivity index (χ1) is 6.74. The van der Waals surface area contributed by atoms with E-state index in [0.29, 0.717) is 6.04 Å². The van der Waals surface area contributed by atoms with Gasteiger partial charge < -0.3 is 5.73 Å². The van der Waals surface area contributed by atoms with Gasteiger partial charge in [0.05, 0.1) is 0 Å². The van der Waals surface area contributed by atoms with Crippen LogP contribution >= 0.6 is 0 Å². The molecule has 0 saturated carbocycles. The lowest BCUT2D eigenvalue weighted by Crippen LogP contribution is -2.26. The van der Waals surface area contributed by atoms with Crippen molar-refractivity contribution in [2.24, 2.45) is 5.73 Å². The minimum atomic E-state index is 0.389. The summed E-state index contributed by atoms with van der Waals surface area (Å²) in [6.45, 7) is 5.37. The van der Waals surface area contributed by atoms with Gasteiger partial charge in [0, 0.05) is 25.7 Å². The fourth-order valence-corrected chi connectivity index (χ4v) is 1.96. The highest BCUT2D eigenvalue weighted by Crippen LogP contribution is 2.12. The third-order valence-corrected chi connectivity index (χ3v) is 2.84. The number of rotatable bonds is 2. The SMILES string of the molecule is Cc1ccc(CN2CC[C@H](N)C2)cc1. The molecule has 0 aromatic heterocycles. The van der Waals surface area contributed by atoms with Gasteiger partial charge >= 0.3 is 0 Å². The first-order valence-electron chi connectivity index (χ1n) is 5.27. The average molecular weight is 190 g/mol. The first kappa shape index (κ1) is 9.69. The van der Waals surface area contributed by atoms with E-state index in [0.717, 1.165) is 26.1 Å². The van der Waals surface area contributed by atoms with Crippen molar-refractivity contribution >= 4 is 0 Å². The number of aryl methyl sites for hydroxylation is 1. The van der Waals surface area contributed by atoms with Crippen LogP contribution in [0.3, 0.4) is 0 Å². The Labute approximate surface area is 85.7 Å². The fraction of sp³-hybridized carbons (Fsp3) is 0.500. The van der Waals surface area contributed by atoms with Crippen molar-refractivity contribution in [3.63, 3.8) is 0 Å². The Hall–Kier alpha value is -0.860. The van der Waals surface area contributed by atoms with E-state index in [1.54, 1.807) is 0 Å². The van der Waals surface area contributed by atoms with Gasteiger partial charge in [0.25, 0.3) is 0 Å². The molecule has 1 atom stereocenters. The molecule has 1 heterocycles. The van der Waals surface area contributed by atoms with Crippen LogP contribution in [0.4, 0.5) is 0 Å². The lowest BCUT2D eigenvalue weighted by molar-refractivity contribution is 0.327. The summed E-state index contributed by atoms with van der Waals surface area (Å²) in [6, 6.07) is 9.15. The van der Waals surface area contributed by atoms with Gasteiger partial charge in [0.1, 0.15) is 0 Å². The minimum absolute atomic E-state index is 0.389. The highest BCUT2D eigenvalue weighted by Gasteiger charge is 2.18. The Kier molecular flexibility index (Phi) is 2.85. The molecule has 2 rings (SSSR count). The molecule has 1 aromatic rings. The van der Waals surface area contributed by atoms with Crippen LogP contribution in [-0.4, -0.2) is 24.0 Å². The smallest absolute Gasteiger partial charge is 0.0234 e. The van der Waals surface area contributed by atoms with Gasteiger partial charge in [-0.05, 0) is 18.9 Å². The van der Waals surface area contributed by atoms with E-state index in [1.165, 1.54) is 11.1 Å². The van der Waals surface area contributed by atoms with E-state index in [2.05, 4.69) is 36.1 Å². The standard InChI is InChI=1S/C12H18N2/c1-10-2-4-11(5-3-10)8-14-7-6-12(13)9-14/h2-5,12H,6-9,13H2,1H3/t12-/m0/s1. The molecule has 0 unspecified atom stereocenters. The van der Waals surface area contributed by atoms with E-state index in [4.69, 9.17) is 5.73 Å². The molecule has 1 fully saturated rings.